The lowest BCUT2D eigenvalue weighted by atomic mass is 9.84. The summed E-state index contributed by atoms with van der Waals surface area (Å²) in [7, 11) is 0. The van der Waals surface area contributed by atoms with E-state index >= 15 is 0 Å². The van der Waals surface area contributed by atoms with E-state index in [0.717, 1.165) is 0 Å². The molecule has 1 aromatic rings. The zero-order valence-corrected chi connectivity index (χ0v) is 9.92. The summed E-state index contributed by atoms with van der Waals surface area (Å²) in [6.07, 6.45) is 0. The third kappa shape index (κ3) is 3.32. The first-order valence-corrected chi connectivity index (χ1v) is 4.93. The van der Waals surface area contributed by atoms with Gasteiger partial charge in [0.05, 0.1) is 0 Å². The first-order valence-electron chi connectivity index (χ1n) is 4.93. The van der Waals surface area contributed by atoms with Crippen molar-refractivity contribution in [2.24, 2.45) is 11.7 Å². The monoisotopic (exact) mass is 213 g/mol. The van der Waals surface area contributed by atoms with Gasteiger partial charge >= 0.3 is 0 Å². The molecular weight excluding hydrogens is 194 g/mol. The molecule has 0 aliphatic carbocycles. The van der Waals surface area contributed by atoms with Gasteiger partial charge in [-0.2, -0.15) is 0 Å². The van der Waals surface area contributed by atoms with Crippen molar-refractivity contribution in [2.75, 3.05) is 0 Å². The van der Waals surface area contributed by atoms with E-state index in [1.807, 2.05) is 6.07 Å². The number of nitrogens with two attached hydrogens (primary N) is 1. The molecule has 2 heteroatoms. The average Bonchev–Trinajstić information content (AvgIpc) is 2.04. The fourth-order valence-corrected chi connectivity index (χ4v) is 1.97. The Morgan fingerprint density at radius 3 is 1.86 bits per heavy atom. The number of halogens is 1. The van der Waals surface area contributed by atoms with E-state index in [0.29, 0.717) is 11.8 Å². The van der Waals surface area contributed by atoms with Crippen LogP contribution >= 0.6 is 12.4 Å². The lowest BCUT2D eigenvalue weighted by Gasteiger charge is -2.24. The summed E-state index contributed by atoms with van der Waals surface area (Å²) in [5.74, 6) is 1.07. The Bertz CT molecular complexity index is 236. The second-order valence-corrected chi connectivity index (χ2v) is 4.04. The summed E-state index contributed by atoms with van der Waals surface area (Å²) >= 11 is 0. The smallest absolute Gasteiger partial charge is 0.00817 e. The van der Waals surface area contributed by atoms with Gasteiger partial charge in [0.15, 0.2) is 0 Å². The minimum Gasteiger partial charge on any atom is -0.327 e. The molecule has 80 valence electrons. The predicted molar refractivity (Wildman–Crippen MR) is 64.9 cm³/mol. The first kappa shape index (κ1) is 13.5. The lowest BCUT2D eigenvalue weighted by molar-refractivity contribution is 0.436. The molecule has 0 fully saturated rings. The molecule has 0 aromatic heterocycles. The van der Waals surface area contributed by atoms with E-state index in [4.69, 9.17) is 5.73 Å². The Hall–Kier alpha value is -0.530. The van der Waals surface area contributed by atoms with Gasteiger partial charge in [-0.1, -0.05) is 44.2 Å². The van der Waals surface area contributed by atoms with Crippen LogP contribution in [0.5, 0.6) is 0 Å². The summed E-state index contributed by atoms with van der Waals surface area (Å²) < 4.78 is 0. The largest absolute Gasteiger partial charge is 0.327 e. The van der Waals surface area contributed by atoms with Crippen LogP contribution in [0.2, 0.25) is 0 Å². The van der Waals surface area contributed by atoms with Crippen molar-refractivity contribution in [1.82, 2.24) is 0 Å². The topological polar surface area (TPSA) is 26.0 Å². The molecule has 1 rings (SSSR count). The summed E-state index contributed by atoms with van der Waals surface area (Å²) in [6.45, 7) is 6.53. The van der Waals surface area contributed by atoms with Gasteiger partial charge < -0.3 is 5.73 Å². The van der Waals surface area contributed by atoms with Gasteiger partial charge in [-0.15, -0.1) is 12.4 Å². The molecule has 1 aromatic carbocycles. The standard InChI is InChI=1S/C12H19N.ClH/c1-9(2)12(10(3)13)11-7-5-4-6-8-11;/h4-10,12H,13H2,1-3H3;1H. The van der Waals surface area contributed by atoms with Crippen molar-refractivity contribution in [3.8, 4) is 0 Å². The summed E-state index contributed by atoms with van der Waals surface area (Å²) in [5, 5.41) is 0. The van der Waals surface area contributed by atoms with Gasteiger partial charge in [0.1, 0.15) is 0 Å². The second-order valence-electron chi connectivity index (χ2n) is 4.04. The van der Waals surface area contributed by atoms with Gasteiger partial charge in [0.2, 0.25) is 0 Å². The van der Waals surface area contributed by atoms with Crippen molar-refractivity contribution in [1.29, 1.82) is 0 Å². The lowest BCUT2D eigenvalue weighted by Crippen LogP contribution is -2.28. The SMILES string of the molecule is CC(C)C(c1ccccc1)C(C)N.Cl. The number of benzene rings is 1. The van der Waals surface area contributed by atoms with Crippen LogP contribution in [0.25, 0.3) is 0 Å². The molecule has 2 N–H and O–H groups in total. The fourth-order valence-electron chi connectivity index (χ4n) is 1.97. The first-order chi connectivity index (χ1) is 6.13. The summed E-state index contributed by atoms with van der Waals surface area (Å²) in [6, 6.07) is 10.7. The second kappa shape index (κ2) is 6.05. The van der Waals surface area contributed by atoms with E-state index in [9.17, 15) is 0 Å². The van der Waals surface area contributed by atoms with E-state index in [2.05, 4.69) is 45.0 Å². The quantitative estimate of drug-likeness (QED) is 0.820. The molecule has 14 heavy (non-hydrogen) atoms. The van der Waals surface area contributed by atoms with Crippen molar-refractivity contribution < 1.29 is 0 Å². The molecule has 1 nitrogen and oxygen atoms in total. The zero-order chi connectivity index (χ0) is 9.84. The Balaban J connectivity index is 0.00000169. The van der Waals surface area contributed by atoms with Crippen LogP contribution in [0, 0.1) is 5.92 Å². The Morgan fingerprint density at radius 2 is 1.50 bits per heavy atom. The minimum atomic E-state index is 0. The van der Waals surface area contributed by atoms with E-state index in [1.165, 1.54) is 5.56 Å². The highest BCUT2D eigenvalue weighted by Gasteiger charge is 2.19. The predicted octanol–water partition coefficient (Wildman–Crippen LogP) is 3.20. The molecule has 0 bridgehead atoms. The van der Waals surface area contributed by atoms with Gasteiger partial charge in [-0.25, -0.2) is 0 Å². The third-order valence-corrected chi connectivity index (χ3v) is 2.47. The molecule has 0 aliphatic rings. The zero-order valence-electron chi connectivity index (χ0n) is 9.10. The highest BCUT2D eigenvalue weighted by molar-refractivity contribution is 5.85. The number of hydrogen-bond donors (Lipinski definition) is 1. The van der Waals surface area contributed by atoms with Gasteiger partial charge in [-0.05, 0) is 18.4 Å². The molecule has 0 spiro atoms. The van der Waals surface area contributed by atoms with Crippen molar-refractivity contribution >= 4 is 12.4 Å². The van der Waals surface area contributed by atoms with E-state index in [-0.39, 0.29) is 18.4 Å². The Kier molecular flexibility index (Phi) is 5.82. The van der Waals surface area contributed by atoms with Crippen molar-refractivity contribution in [3.63, 3.8) is 0 Å². The number of rotatable bonds is 3. The van der Waals surface area contributed by atoms with Gasteiger partial charge in [-0.3, -0.25) is 0 Å². The molecule has 2 unspecified atom stereocenters. The maximum Gasteiger partial charge on any atom is 0.00817 e. The maximum atomic E-state index is 5.97. The molecule has 0 saturated carbocycles. The van der Waals surface area contributed by atoms with E-state index < -0.39 is 0 Å². The summed E-state index contributed by atoms with van der Waals surface area (Å²) in [5.41, 5.74) is 7.32. The van der Waals surface area contributed by atoms with Crippen LogP contribution in [-0.2, 0) is 0 Å². The van der Waals surface area contributed by atoms with Crippen LogP contribution in [-0.4, -0.2) is 6.04 Å². The third-order valence-electron chi connectivity index (χ3n) is 2.47. The van der Waals surface area contributed by atoms with Crippen LogP contribution in [0.4, 0.5) is 0 Å². The van der Waals surface area contributed by atoms with Gasteiger partial charge in [0, 0.05) is 12.0 Å². The minimum absolute atomic E-state index is 0. The number of hydrogen-bond acceptors (Lipinski definition) is 1. The van der Waals surface area contributed by atoms with Crippen LogP contribution in [0.3, 0.4) is 0 Å². The van der Waals surface area contributed by atoms with Crippen LogP contribution in [0.1, 0.15) is 32.3 Å². The molecule has 0 amide bonds. The van der Waals surface area contributed by atoms with Crippen LogP contribution in [0.15, 0.2) is 30.3 Å². The Morgan fingerprint density at radius 1 is 1.00 bits per heavy atom. The molecule has 0 aliphatic heterocycles. The van der Waals surface area contributed by atoms with Crippen molar-refractivity contribution in [2.45, 2.75) is 32.7 Å². The molecule has 0 saturated heterocycles. The van der Waals surface area contributed by atoms with Crippen molar-refractivity contribution in [3.05, 3.63) is 35.9 Å². The highest BCUT2D eigenvalue weighted by Crippen LogP contribution is 2.26. The molecular formula is C12H20ClN. The fraction of sp³-hybridized carbons (Fsp3) is 0.500. The molecule has 2 atom stereocenters. The maximum absolute atomic E-state index is 5.97. The Labute approximate surface area is 93.1 Å². The average molecular weight is 214 g/mol. The molecule has 0 heterocycles. The normalized spacial score (nSPS) is 14.6. The molecule has 0 radical (unpaired) electrons. The summed E-state index contributed by atoms with van der Waals surface area (Å²) in [4.78, 5) is 0. The highest BCUT2D eigenvalue weighted by atomic mass is 35.5. The van der Waals surface area contributed by atoms with E-state index in [1.54, 1.807) is 0 Å². The van der Waals surface area contributed by atoms with Crippen LogP contribution < -0.4 is 5.73 Å². The van der Waals surface area contributed by atoms with Gasteiger partial charge in [0.25, 0.3) is 0 Å².